The molecule has 1 aliphatic rings. The van der Waals surface area contributed by atoms with Gasteiger partial charge in [-0.3, -0.25) is 4.79 Å². The lowest BCUT2D eigenvalue weighted by Gasteiger charge is -2.22. The zero-order chi connectivity index (χ0) is 14.5. The number of hydrogen-bond donors (Lipinski definition) is 1. The van der Waals surface area contributed by atoms with Crippen LogP contribution in [0.1, 0.15) is 48.3 Å². The highest BCUT2D eigenvalue weighted by Gasteiger charge is 2.29. The lowest BCUT2D eigenvalue weighted by Crippen LogP contribution is -2.25. The smallest absolute Gasteiger partial charge is 0.267 e. The molecule has 1 amide bonds. The van der Waals surface area contributed by atoms with Crippen molar-refractivity contribution in [3.8, 4) is 10.6 Å². The molecule has 3 rings (SSSR count). The second-order valence-corrected chi connectivity index (χ2v) is 6.82. The van der Waals surface area contributed by atoms with Crippen molar-refractivity contribution in [1.82, 2.24) is 15.0 Å². The van der Waals surface area contributed by atoms with E-state index in [-0.39, 0.29) is 5.41 Å². The first kappa shape index (κ1) is 13.2. The summed E-state index contributed by atoms with van der Waals surface area (Å²) in [5.74, 6) is 0.161. The summed E-state index contributed by atoms with van der Waals surface area (Å²) in [6.45, 7) is 6.07. The van der Waals surface area contributed by atoms with Gasteiger partial charge in [0, 0.05) is 11.0 Å². The Hall–Kier alpha value is -1.82. The molecule has 0 fully saturated rings. The van der Waals surface area contributed by atoms with Gasteiger partial charge < -0.3 is 5.73 Å². The van der Waals surface area contributed by atoms with Crippen LogP contribution in [0.5, 0.6) is 0 Å². The normalized spacial score (nSPS) is 13.8. The number of rotatable bonds is 1. The number of thiazole rings is 1. The highest BCUT2D eigenvalue weighted by atomic mass is 32.1. The molecular weight excluding hydrogens is 272 g/mol. The minimum atomic E-state index is -0.484. The second-order valence-electron chi connectivity index (χ2n) is 5.97. The molecule has 5 nitrogen and oxygen atoms in total. The van der Waals surface area contributed by atoms with E-state index in [9.17, 15) is 4.79 Å². The van der Waals surface area contributed by atoms with Crippen LogP contribution in [0.2, 0.25) is 0 Å². The fourth-order valence-electron chi connectivity index (χ4n) is 2.33. The van der Waals surface area contributed by atoms with Crippen LogP contribution in [0.3, 0.4) is 0 Å². The van der Waals surface area contributed by atoms with E-state index < -0.39 is 5.91 Å². The number of amides is 1. The van der Waals surface area contributed by atoms with Crippen molar-refractivity contribution in [2.75, 3.05) is 0 Å². The molecule has 2 aromatic rings. The minimum absolute atomic E-state index is 0.235. The zero-order valence-corrected chi connectivity index (χ0v) is 12.5. The Bertz CT molecular complexity index is 700. The van der Waals surface area contributed by atoms with Gasteiger partial charge in [0.25, 0.3) is 5.91 Å². The molecule has 2 heterocycles. The molecule has 104 valence electrons. The van der Waals surface area contributed by atoms with E-state index in [4.69, 9.17) is 10.7 Å². The van der Waals surface area contributed by atoms with Gasteiger partial charge in [-0.1, -0.05) is 20.8 Å². The fraction of sp³-hybridized carbons (Fsp3) is 0.429. The second kappa shape index (κ2) is 4.34. The average Bonchev–Trinajstić information content (AvgIpc) is 2.84. The maximum absolute atomic E-state index is 11.7. The molecule has 20 heavy (non-hydrogen) atoms. The van der Waals surface area contributed by atoms with Gasteiger partial charge in [0.05, 0.1) is 21.8 Å². The van der Waals surface area contributed by atoms with E-state index in [0.29, 0.717) is 11.5 Å². The molecule has 0 unspecified atom stereocenters. The maximum atomic E-state index is 11.7. The zero-order valence-electron chi connectivity index (χ0n) is 11.7. The van der Waals surface area contributed by atoms with Gasteiger partial charge in [-0.15, -0.1) is 11.3 Å². The summed E-state index contributed by atoms with van der Waals surface area (Å²) < 4.78 is 0. The van der Waals surface area contributed by atoms with Crippen LogP contribution < -0.4 is 5.73 Å². The van der Waals surface area contributed by atoms with Crippen LogP contribution >= 0.6 is 11.3 Å². The molecule has 0 aliphatic heterocycles. The summed E-state index contributed by atoms with van der Waals surface area (Å²) >= 11 is 1.55. The number of aromatic nitrogens is 3. The van der Waals surface area contributed by atoms with Crippen molar-refractivity contribution in [2.45, 2.75) is 39.0 Å². The van der Waals surface area contributed by atoms with Gasteiger partial charge in [0.2, 0.25) is 0 Å². The molecule has 2 N–H and O–H groups in total. The van der Waals surface area contributed by atoms with Gasteiger partial charge in [0.15, 0.2) is 0 Å². The monoisotopic (exact) mass is 288 g/mol. The Labute approximate surface area is 121 Å². The van der Waals surface area contributed by atoms with Gasteiger partial charge in [-0.05, 0) is 12.8 Å². The Balaban J connectivity index is 2.31. The van der Waals surface area contributed by atoms with Gasteiger partial charge in [-0.25, -0.2) is 15.0 Å². The quantitative estimate of drug-likeness (QED) is 0.871. The largest absolute Gasteiger partial charge is 0.364 e. The van der Waals surface area contributed by atoms with E-state index in [2.05, 4.69) is 9.97 Å². The average molecular weight is 288 g/mol. The van der Waals surface area contributed by atoms with Crippen LogP contribution in [0.15, 0.2) is 5.51 Å². The number of carbonyl (C=O) groups excluding carboxylic acids is 1. The van der Waals surface area contributed by atoms with Crippen molar-refractivity contribution in [1.29, 1.82) is 0 Å². The molecule has 0 bridgehead atoms. The standard InChI is InChI=1S/C14H16N4OS/c1-14(2,3)13-17-9-7(10(18-13)12(15)19)4-5-8-11(9)20-6-16-8/h6H,4-5H2,1-3H3,(H2,15,19). The molecule has 0 radical (unpaired) electrons. The lowest BCUT2D eigenvalue weighted by atomic mass is 9.92. The number of nitrogens with two attached hydrogens (primary N) is 1. The van der Waals surface area contributed by atoms with Crippen LogP contribution in [0.25, 0.3) is 10.6 Å². The number of hydrogen-bond acceptors (Lipinski definition) is 5. The van der Waals surface area contributed by atoms with Crippen molar-refractivity contribution >= 4 is 17.2 Å². The van der Waals surface area contributed by atoms with Gasteiger partial charge in [0.1, 0.15) is 11.5 Å². The van der Waals surface area contributed by atoms with Gasteiger partial charge >= 0.3 is 0 Å². The first-order chi connectivity index (χ1) is 9.38. The topological polar surface area (TPSA) is 81.8 Å². The van der Waals surface area contributed by atoms with Crippen molar-refractivity contribution in [3.63, 3.8) is 0 Å². The van der Waals surface area contributed by atoms with Crippen molar-refractivity contribution < 1.29 is 4.79 Å². The molecule has 6 heteroatoms. The summed E-state index contributed by atoms with van der Waals surface area (Å²) in [7, 11) is 0. The van der Waals surface area contributed by atoms with E-state index in [1.807, 2.05) is 26.3 Å². The molecule has 2 aromatic heterocycles. The van der Waals surface area contributed by atoms with Crippen molar-refractivity contribution in [3.05, 3.63) is 28.3 Å². The van der Waals surface area contributed by atoms with Crippen LogP contribution in [0, 0.1) is 0 Å². The highest BCUT2D eigenvalue weighted by molar-refractivity contribution is 7.13. The molecule has 0 aromatic carbocycles. The Kier molecular flexibility index (Phi) is 2.86. The molecule has 0 saturated heterocycles. The predicted molar refractivity (Wildman–Crippen MR) is 77.8 cm³/mol. The van der Waals surface area contributed by atoms with Crippen LogP contribution in [0.4, 0.5) is 0 Å². The highest BCUT2D eigenvalue weighted by Crippen LogP contribution is 2.36. The van der Waals surface area contributed by atoms with Crippen molar-refractivity contribution in [2.24, 2.45) is 5.73 Å². The van der Waals surface area contributed by atoms with Crippen LogP contribution in [-0.2, 0) is 18.3 Å². The minimum Gasteiger partial charge on any atom is -0.364 e. The summed E-state index contributed by atoms with van der Waals surface area (Å²) in [5, 5.41) is 0. The number of carbonyl (C=O) groups is 1. The summed E-state index contributed by atoms with van der Waals surface area (Å²) in [4.78, 5) is 26.2. The van der Waals surface area contributed by atoms with E-state index in [1.165, 1.54) is 0 Å². The Morgan fingerprint density at radius 2 is 2.05 bits per heavy atom. The maximum Gasteiger partial charge on any atom is 0.267 e. The predicted octanol–water partition coefficient (Wildman–Crippen LogP) is 2.10. The third-order valence-corrected chi connectivity index (χ3v) is 4.25. The Morgan fingerprint density at radius 3 is 2.70 bits per heavy atom. The fourth-order valence-corrected chi connectivity index (χ4v) is 3.19. The first-order valence-corrected chi connectivity index (χ1v) is 7.40. The molecule has 0 spiro atoms. The first-order valence-electron chi connectivity index (χ1n) is 6.52. The number of primary amides is 1. The third kappa shape index (κ3) is 2.00. The number of fused-ring (bicyclic) bond motifs is 3. The SMILES string of the molecule is CC(C)(C)c1nc(C(N)=O)c2c(n1)-c1scnc1CC2. The molecule has 0 atom stereocenters. The van der Waals surface area contributed by atoms with E-state index in [1.54, 1.807) is 11.3 Å². The van der Waals surface area contributed by atoms with E-state index in [0.717, 1.165) is 34.7 Å². The third-order valence-electron chi connectivity index (χ3n) is 3.38. The summed E-state index contributed by atoms with van der Waals surface area (Å²) in [6, 6.07) is 0. The van der Waals surface area contributed by atoms with Gasteiger partial charge in [-0.2, -0.15) is 0 Å². The van der Waals surface area contributed by atoms with E-state index >= 15 is 0 Å². The lowest BCUT2D eigenvalue weighted by molar-refractivity contribution is 0.0994. The summed E-state index contributed by atoms with van der Waals surface area (Å²) in [6.07, 6.45) is 1.53. The molecular formula is C14H16N4OS. The molecule has 0 saturated carbocycles. The summed E-state index contributed by atoms with van der Waals surface area (Å²) in [5.41, 5.74) is 10.2. The number of nitrogens with zero attached hydrogens (tertiary/aromatic N) is 3. The molecule has 1 aliphatic carbocycles. The Morgan fingerprint density at radius 1 is 1.30 bits per heavy atom. The number of aryl methyl sites for hydroxylation is 1. The van der Waals surface area contributed by atoms with Crippen LogP contribution in [-0.4, -0.2) is 20.9 Å².